The molecule has 0 aliphatic heterocycles. The van der Waals surface area contributed by atoms with E-state index in [1.807, 2.05) is 50.2 Å². The van der Waals surface area contributed by atoms with Crippen LogP contribution < -0.4 is 15.8 Å². The Bertz CT molecular complexity index is 909. The summed E-state index contributed by atoms with van der Waals surface area (Å²) in [6.45, 7) is 4.15. The van der Waals surface area contributed by atoms with Crippen LogP contribution in [0.4, 0.5) is 11.6 Å². The average Bonchev–Trinajstić information content (AvgIpc) is 2.62. The van der Waals surface area contributed by atoms with Gasteiger partial charge in [-0.3, -0.25) is 4.79 Å². The summed E-state index contributed by atoms with van der Waals surface area (Å²) in [7, 11) is 0. The zero-order valence-electron chi connectivity index (χ0n) is 14.1. The van der Waals surface area contributed by atoms with Crippen molar-refractivity contribution < 1.29 is 9.53 Å². The van der Waals surface area contributed by atoms with Gasteiger partial charge in [-0.25, -0.2) is 9.97 Å². The van der Waals surface area contributed by atoms with E-state index in [2.05, 4.69) is 20.3 Å². The van der Waals surface area contributed by atoms with Gasteiger partial charge in [0.1, 0.15) is 0 Å². The molecule has 3 N–H and O–H groups in total. The van der Waals surface area contributed by atoms with Crippen LogP contribution in [0.15, 0.2) is 36.4 Å². The van der Waals surface area contributed by atoms with Crippen LogP contribution in [0.1, 0.15) is 20.3 Å². The van der Waals surface area contributed by atoms with Gasteiger partial charge in [0.2, 0.25) is 17.7 Å². The van der Waals surface area contributed by atoms with Crippen molar-refractivity contribution in [2.24, 2.45) is 0 Å². The number of ether oxygens (including phenoxy) is 1. The number of nitrogens with two attached hydrogens (primary N) is 1. The van der Waals surface area contributed by atoms with Crippen LogP contribution in [0.5, 0.6) is 5.88 Å². The average molecular weight is 337 g/mol. The van der Waals surface area contributed by atoms with Gasteiger partial charge >= 0.3 is 0 Å². The zero-order valence-corrected chi connectivity index (χ0v) is 14.1. The molecule has 0 aliphatic rings. The van der Waals surface area contributed by atoms with E-state index in [1.54, 1.807) is 0 Å². The smallest absolute Gasteiger partial charge is 0.245 e. The molecule has 0 radical (unpaired) electrons. The van der Waals surface area contributed by atoms with E-state index in [0.29, 0.717) is 29.9 Å². The van der Waals surface area contributed by atoms with Crippen molar-refractivity contribution in [1.82, 2.24) is 15.0 Å². The normalized spacial score (nSPS) is 10.6. The summed E-state index contributed by atoms with van der Waals surface area (Å²) in [5, 5.41) is 2.82. The molecule has 0 atom stereocenters. The maximum Gasteiger partial charge on any atom is 0.245 e. The third-order valence-corrected chi connectivity index (χ3v) is 3.59. The topological polar surface area (TPSA) is 103 Å². The molecule has 2 aromatic heterocycles. The van der Waals surface area contributed by atoms with Crippen molar-refractivity contribution in [3.05, 3.63) is 36.4 Å². The van der Waals surface area contributed by atoms with E-state index in [-0.39, 0.29) is 11.9 Å². The Balaban J connectivity index is 1.97. The monoisotopic (exact) mass is 337 g/mol. The molecule has 1 aromatic carbocycles. The van der Waals surface area contributed by atoms with Gasteiger partial charge in [0, 0.05) is 17.7 Å². The second-order valence-electron chi connectivity index (χ2n) is 5.36. The zero-order chi connectivity index (χ0) is 17.8. The van der Waals surface area contributed by atoms with Crippen LogP contribution in [0.25, 0.3) is 22.3 Å². The van der Waals surface area contributed by atoms with Gasteiger partial charge in [-0.2, -0.15) is 4.98 Å². The van der Waals surface area contributed by atoms with Gasteiger partial charge in [0.05, 0.1) is 17.8 Å². The van der Waals surface area contributed by atoms with Crippen LogP contribution in [-0.2, 0) is 4.79 Å². The van der Waals surface area contributed by atoms with Crippen molar-refractivity contribution in [1.29, 1.82) is 0 Å². The Morgan fingerprint density at radius 1 is 1.08 bits per heavy atom. The molecule has 7 heteroatoms. The van der Waals surface area contributed by atoms with Gasteiger partial charge in [-0.1, -0.05) is 19.1 Å². The van der Waals surface area contributed by atoms with Crippen LogP contribution in [0.2, 0.25) is 0 Å². The highest BCUT2D eigenvalue weighted by molar-refractivity contribution is 5.90. The Kier molecular flexibility index (Phi) is 4.74. The third kappa shape index (κ3) is 3.65. The van der Waals surface area contributed by atoms with Gasteiger partial charge in [0.15, 0.2) is 5.52 Å². The number of nitrogen functional groups attached to an aromatic ring is 1. The largest absolute Gasteiger partial charge is 0.476 e. The maximum atomic E-state index is 11.4. The summed E-state index contributed by atoms with van der Waals surface area (Å²) in [5.74, 6) is 0.507. The predicted molar refractivity (Wildman–Crippen MR) is 97.3 cm³/mol. The summed E-state index contributed by atoms with van der Waals surface area (Å²) in [5.41, 5.74) is 9.33. The first-order valence-electron chi connectivity index (χ1n) is 8.08. The minimum Gasteiger partial charge on any atom is -0.476 e. The molecule has 3 rings (SSSR count). The lowest BCUT2D eigenvalue weighted by molar-refractivity contribution is -0.115. The molecule has 0 saturated heterocycles. The number of hydrogen-bond donors (Lipinski definition) is 2. The summed E-state index contributed by atoms with van der Waals surface area (Å²) < 4.78 is 5.52. The van der Waals surface area contributed by atoms with E-state index in [1.165, 1.54) is 0 Å². The first-order chi connectivity index (χ1) is 12.1. The molecular weight excluding hydrogens is 318 g/mol. The first kappa shape index (κ1) is 16.6. The highest BCUT2D eigenvalue weighted by Crippen LogP contribution is 2.26. The fraction of sp³-hybridized carbons (Fsp3) is 0.222. The second kappa shape index (κ2) is 7.12. The fourth-order valence-corrected chi connectivity index (χ4v) is 2.38. The minimum absolute atomic E-state index is 0.0207. The van der Waals surface area contributed by atoms with Crippen LogP contribution >= 0.6 is 0 Å². The second-order valence-corrected chi connectivity index (χ2v) is 5.36. The van der Waals surface area contributed by atoms with Crippen LogP contribution in [0.3, 0.4) is 0 Å². The lowest BCUT2D eigenvalue weighted by Crippen LogP contribution is -2.09. The molecule has 25 heavy (non-hydrogen) atoms. The summed E-state index contributed by atoms with van der Waals surface area (Å²) >= 11 is 0. The molecule has 7 nitrogen and oxygen atoms in total. The molecule has 1 amide bonds. The Hall–Kier alpha value is -3.22. The van der Waals surface area contributed by atoms with Gasteiger partial charge in [-0.15, -0.1) is 0 Å². The van der Waals surface area contributed by atoms with Crippen molar-refractivity contribution in [3.63, 3.8) is 0 Å². The SMILES string of the molecule is CCOc1nc(N)nc2ccc(-c3ccc(NC(=O)CC)cc3)nc12. The van der Waals surface area contributed by atoms with Crippen molar-refractivity contribution in [3.8, 4) is 17.1 Å². The molecule has 128 valence electrons. The summed E-state index contributed by atoms with van der Waals surface area (Å²) in [4.78, 5) is 24.4. The molecule has 0 fully saturated rings. The molecule has 0 bridgehead atoms. The van der Waals surface area contributed by atoms with Crippen LogP contribution in [-0.4, -0.2) is 27.5 Å². The molecule has 3 aromatic rings. The number of hydrogen-bond acceptors (Lipinski definition) is 6. The summed E-state index contributed by atoms with van der Waals surface area (Å²) in [6, 6.07) is 11.2. The van der Waals surface area contributed by atoms with Crippen molar-refractivity contribution in [2.45, 2.75) is 20.3 Å². The first-order valence-corrected chi connectivity index (χ1v) is 8.08. The van der Waals surface area contributed by atoms with Gasteiger partial charge in [-0.05, 0) is 31.2 Å². The molecule has 0 spiro atoms. The quantitative estimate of drug-likeness (QED) is 0.742. The van der Waals surface area contributed by atoms with Crippen LogP contribution in [0, 0.1) is 0 Å². The highest BCUT2D eigenvalue weighted by Gasteiger charge is 2.11. The van der Waals surface area contributed by atoms with E-state index >= 15 is 0 Å². The number of anilines is 2. The Labute approximate surface area is 145 Å². The number of aromatic nitrogens is 3. The third-order valence-electron chi connectivity index (χ3n) is 3.59. The lowest BCUT2D eigenvalue weighted by Gasteiger charge is -2.09. The fourth-order valence-electron chi connectivity index (χ4n) is 2.38. The number of carbonyl (C=O) groups excluding carboxylic acids is 1. The number of rotatable bonds is 5. The predicted octanol–water partition coefficient (Wildman–Crippen LogP) is 3.02. The standard InChI is InChI=1S/C18H19N5O2/c1-3-15(24)20-12-7-5-11(6-8-12)13-9-10-14-16(21-13)17(25-4-2)23-18(19)22-14/h5-10H,3-4H2,1-2H3,(H,20,24)(H2,19,22,23). The number of nitrogens with one attached hydrogen (secondary N) is 1. The number of nitrogens with zero attached hydrogens (tertiary/aromatic N) is 3. The molecular formula is C18H19N5O2. The van der Waals surface area contributed by atoms with E-state index in [0.717, 1.165) is 16.9 Å². The van der Waals surface area contributed by atoms with Crippen molar-refractivity contribution in [2.75, 3.05) is 17.7 Å². The molecule has 0 saturated carbocycles. The number of pyridine rings is 1. The maximum absolute atomic E-state index is 11.4. The van der Waals surface area contributed by atoms with Gasteiger partial charge < -0.3 is 15.8 Å². The number of amides is 1. The molecule has 0 unspecified atom stereocenters. The number of carbonyl (C=O) groups is 1. The van der Waals surface area contributed by atoms with E-state index in [9.17, 15) is 4.79 Å². The molecule has 0 aliphatic carbocycles. The Morgan fingerprint density at radius 2 is 1.84 bits per heavy atom. The minimum atomic E-state index is -0.0207. The Morgan fingerprint density at radius 3 is 2.52 bits per heavy atom. The number of fused-ring (bicyclic) bond motifs is 1. The lowest BCUT2D eigenvalue weighted by atomic mass is 10.1. The van der Waals surface area contributed by atoms with E-state index < -0.39 is 0 Å². The van der Waals surface area contributed by atoms with E-state index in [4.69, 9.17) is 10.5 Å². The molecule has 2 heterocycles. The van der Waals surface area contributed by atoms with Crippen molar-refractivity contribution >= 4 is 28.6 Å². The number of benzene rings is 1. The van der Waals surface area contributed by atoms with Gasteiger partial charge in [0.25, 0.3) is 0 Å². The highest BCUT2D eigenvalue weighted by atomic mass is 16.5. The summed E-state index contributed by atoms with van der Waals surface area (Å²) in [6.07, 6.45) is 0.442.